The number of anilines is 1. The van der Waals surface area contributed by atoms with Gasteiger partial charge in [-0.1, -0.05) is 12.1 Å². The molecule has 0 aliphatic rings. The van der Waals surface area contributed by atoms with Crippen LogP contribution >= 0.6 is 24.0 Å². The number of aromatic nitrogens is 3. The molecule has 0 unspecified atom stereocenters. The molecule has 0 fully saturated rings. The highest BCUT2D eigenvalue weighted by molar-refractivity contribution is 14.0. The van der Waals surface area contributed by atoms with E-state index >= 15 is 0 Å². The molecule has 0 aliphatic heterocycles. The van der Waals surface area contributed by atoms with Crippen molar-refractivity contribution < 1.29 is 0 Å². The molecule has 138 valence electrons. The van der Waals surface area contributed by atoms with Crippen molar-refractivity contribution in [1.29, 1.82) is 0 Å². The van der Waals surface area contributed by atoms with Crippen LogP contribution in [0.1, 0.15) is 17.2 Å². The molecule has 0 radical (unpaired) electrons. The molecular formula is C17H28IN7. The third kappa shape index (κ3) is 5.58. The number of aryl methyl sites for hydroxylation is 1. The Labute approximate surface area is 167 Å². The van der Waals surface area contributed by atoms with Gasteiger partial charge in [0.05, 0.1) is 6.54 Å². The van der Waals surface area contributed by atoms with E-state index in [1.54, 1.807) is 7.05 Å². The van der Waals surface area contributed by atoms with Gasteiger partial charge in [-0.2, -0.15) is 0 Å². The van der Waals surface area contributed by atoms with Crippen LogP contribution in [0.25, 0.3) is 0 Å². The van der Waals surface area contributed by atoms with Crippen molar-refractivity contribution >= 4 is 35.6 Å². The molecule has 2 rings (SSSR count). The van der Waals surface area contributed by atoms with Crippen LogP contribution in [0.5, 0.6) is 0 Å². The van der Waals surface area contributed by atoms with Crippen LogP contribution in [0, 0.1) is 6.92 Å². The molecule has 0 amide bonds. The normalized spacial score (nSPS) is 11.0. The lowest BCUT2D eigenvalue weighted by atomic mass is 10.2. The minimum absolute atomic E-state index is 0. The Balaban J connectivity index is 0.00000312. The highest BCUT2D eigenvalue weighted by atomic mass is 127. The molecule has 8 heteroatoms. The molecule has 0 bridgehead atoms. The minimum atomic E-state index is 0. The van der Waals surface area contributed by atoms with Gasteiger partial charge in [-0.15, -0.1) is 34.2 Å². The summed E-state index contributed by atoms with van der Waals surface area (Å²) in [4.78, 5) is 8.56. The summed E-state index contributed by atoms with van der Waals surface area (Å²) in [5, 5.41) is 11.6. The highest BCUT2D eigenvalue weighted by Gasteiger charge is 2.10. The van der Waals surface area contributed by atoms with E-state index in [-0.39, 0.29) is 24.0 Å². The van der Waals surface area contributed by atoms with E-state index in [0.717, 1.165) is 24.2 Å². The van der Waals surface area contributed by atoms with Gasteiger partial charge < -0.3 is 19.7 Å². The standard InChI is InChI=1S/C17H27N7.HI/c1-13-20-21-16(24(13)6)11-19-17(18-2)23(5)12-14-8-7-9-15(10-14)22(3)4;/h7-10H,11-12H2,1-6H3,(H,18,19);1H. The number of nitrogens with one attached hydrogen (secondary N) is 1. The SMILES string of the molecule is CN=C(NCc1nnc(C)n1C)N(C)Cc1cccc(N(C)C)c1.I. The summed E-state index contributed by atoms with van der Waals surface area (Å²) in [6.45, 7) is 3.31. The predicted molar refractivity (Wildman–Crippen MR) is 114 cm³/mol. The lowest BCUT2D eigenvalue weighted by Crippen LogP contribution is -2.38. The van der Waals surface area contributed by atoms with E-state index in [1.165, 1.54) is 11.3 Å². The summed E-state index contributed by atoms with van der Waals surface area (Å²) in [7, 11) is 9.88. The van der Waals surface area contributed by atoms with Crippen molar-refractivity contribution in [2.75, 3.05) is 33.1 Å². The van der Waals surface area contributed by atoms with E-state index in [0.29, 0.717) is 6.54 Å². The third-order valence-corrected chi connectivity index (χ3v) is 4.01. The smallest absolute Gasteiger partial charge is 0.194 e. The molecule has 0 atom stereocenters. The van der Waals surface area contributed by atoms with Crippen LogP contribution in [0.15, 0.2) is 29.3 Å². The third-order valence-electron chi connectivity index (χ3n) is 4.01. The molecule has 1 heterocycles. The van der Waals surface area contributed by atoms with Gasteiger partial charge in [-0.05, 0) is 24.6 Å². The highest BCUT2D eigenvalue weighted by Crippen LogP contribution is 2.14. The first-order chi connectivity index (χ1) is 11.4. The fourth-order valence-electron chi connectivity index (χ4n) is 2.43. The Bertz CT molecular complexity index is 709. The maximum atomic E-state index is 4.36. The van der Waals surface area contributed by atoms with Gasteiger partial charge in [-0.3, -0.25) is 4.99 Å². The second-order valence-electron chi connectivity index (χ2n) is 6.04. The Morgan fingerprint density at radius 1 is 1.24 bits per heavy atom. The summed E-state index contributed by atoms with van der Waals surface area (Å²) in [6, 6.07) is 8.50. The summed E-state index contributed by atoms with van der Waals surface area (Å²) >= 11 is 0. The maximum absolute atomic E-state index is 4.36. The van der Waals surface area contributed by atoms with Crippen molar-refractivity contribution in [1.82, 2.24) is 25.0 Å². The molecule has 7 nitrogen and oxygen atoms in total. The van der Waals surface area contributed by atoms with Gasteiger partial charge >= 0.3 is 0 Å². The molecule has 1 aromatic heterocycles. The number of rotatable bonds is 5. The summed E-state index contributed by atoms with van der Waals surface area (Å²) in [6.07, 6.45) is 0. The average molecular weight is 457 g/mol. The zero-order valence-corrected chi connectivity index (χ0v) is 18.1. The van der Waals surface area contributed by atoms with Crippen LogP contribution in [0.4, 0.5) is 5.69 Å². The van der Waals surface area contributed by atoms with Crippen LogP contribution in [0.2, 0.25) is 0 Å². The molecule has 25 heavy (non-hydrogen) atoms. The second kappa shape index (κ2) is 9.59. The second-order valence-corrected chi connectivity index (χ2v) is 6.04. The Hall–Kier alpha value is -1.84. The number of halogens is 1. The first kappa shape index (κ1) is 21.2. The first-order valence-corrected chi connectivity index (χ1v) is 7.95. The number of hydrogen-bond acceptors (Lipinski definition) is 4. The Morgan fingerprint density at radius 3 is 2.52 bits per heavy atom. The average Bonchev–Trinajstić information content (AvgIpc) is 2.87. The molecule has 1 N–H and O–H groups in total. The van der Waals surface area contributed by atoms with E-state index in [1.807, 2.05) is 39.7 Å². The lowest BCUT2D eigenvalue weighted by molar-refractivity contribution is 0.474. The largest absolute Gasteiger partial charge is 0.378 e. The van der Waals surface area contributed by atoms with Gasteiger partial charge in [0.2, 0.25) is 0 Å². The van der Waals surface area contributed by atoms with Gasteiger partial charge in [0, 0.05) is 47.5 Å². The minimum Gasteiger partial charge on any atom is -0.378 e. The van der Waals surface area contributed by atoms with Gasteiger partial charge in [-0.25, -0.2) is 0 Å². The Morgan fingerprint density at radius 2 is 1.96 bits per heavy atom. The number of hydrogen-bond donors (Lipinski definition) is 1. The fraction of sp³-hybridized carbons (Fsp3) is 0.471. The molecular weight excluding hydrogens is 429 g/mol. The quantitative estimate of drug-likeness (QED) is 0.423. The summed E-state index contributed by atoms with van der Waals surface area (Å²) < 4.78 is 1.97. The molecule has 0 aliphatic carbocycles. The van der Waals surface area contributed by atoms with Crippen LogP contribution in [0.3, 0.4) is 0 Å². The number of aliphatic imine (C=N–C) groups is 1. The lowest BCUT2D eigenvalue weighted by Gasteiger charge is -2.23. The van der Waals surface area contributed by atoms with E-state index in [4.69, 9.17) is 0 Å². The fourth-order valence-corrected chi connectivity index (χ4v) is 2.43. The topological polar surface area (TPSA) is 61.6 Å². The molecule has 1 aromatic carbocycles. The zero-order valence-electron chi connectivity index (χ0n) is 15.8. The first-order valence-electron chi connectivity index (χ1n) is 7.95. The number of guanidine groups is 1. The van der Waals surface area contributed by atoms with E-state index < -0.39 is 0 Å². The number of benzene rings is 1. The Kier molecular flexibility index (Phi) is 8.14. The summed E-state index contributed by atoms with van der Waals surface area (Å²) in [5.74, 6) is 2.61. The van der Waals surface area contributed by atoms with Crippen molar-refractivity contribution in [2.45, 2.75) is 20.0 Å². The molecule has 0 spiro atoms. The van der Waals surface area contributed by atoms with Crippen LogP contribution < -0.4 is 10.2 Å². The maximum Gasteiger partial charge on any atom is 0.194 e. The van der Waals surface area contributed by atoms with Gasteiger partial charge in [0.15, 0.2) is 11.8 Å². The predicted octanol–water partition coefficient (Wildman–Crippen LogP) is 2.01. The van der Waals surface area contributed by atoms with Crippen molar-refractivity contribution in [3.63, 3.8) is 0 Å². The van der Waals surface area contributed by atoms with E-state index in [9.17, 15) is 0 Å². The molecule has 2 aromatic rings. The molecule has 0 saturated heterocycles. The zero-order chi connectivity index (χ0) is 17.7. The van der Waals surface area contributed by atoms with Crippen LogP contribution in [-0.2, 0) is 20.1 Å². The summed E-state index contributed by atoms with van der Waals surface area (Å²) in [5.41, 5.74) is 2.43. The van der Waals surface area contributed by atoms with Gasteiger partial charge in [0.25, 0.3) is 0 Å². The van der Waals surface area contributed by atoms with Crippen LogP contribution in [-0.4, -0.2) is 53.8 Å². The van der Waals surface area contributed by atoms with Crippen molar-refractivity contribution in [3.05, 3.63) is 41.5 Å². The van der Waals surface area contributed by atoms with Gasteiger partial charge in [0.1, 0.15) is 5.82 Å². The number of nitrogens with zero attached hydrogens (tertiary/aromatic N) is 6. The van der Waals surface area contributed by atoms with Crippen molar-refractivity contribution in [3.8, 4) is 0 Å². The van der Waals surface area contributed by atoms with Crippen molar-refractivity contribution in [2.24, 2.45) is 12.0 Å². The monoisotopic (exact) mass is 457 g/mol. The molecule has 0 saturated carbocycles. The van der Waals surface area contributed by atoms with E-state index in [2.05, 4.69) is 54.6 Å².